The van der Waals surface area contributed by atoms with E-state index in [0.29, 0.717) is 6.54 Å². The lowest BCUT2D eigenvalue weighted by atomic mass is 10.3. The Morgan fingerprint density at radius 2 is 2.05 bits per heavy atom. The van der Waals surface area contributed by atoms with E-state index in [2.05, 4.69) is 39.7 Å². The molecule has 0 aliphatic carbocycles. The van der Waals surface area contributed by atoms with E-state index in [9.17, 15) is 0 Å². The molecule has 0 aliphatic heterocycles. The summed E-state index contributed by atoms with van der Waals surface area (Å²) in [6, 6.07) is 10.2. The number of pyridine rings is 1. The van der Waals surface area contributed by atoms with Gasteiger partial charge in [0.2, 0.25) is 0 Å². The maximum Gasteiger partial charge on any atom is 0.191 e. The molecule has 4 nitrogen and oxygen atoms in total. The SMILES string of the molecule is CN=C(NCc1ccccn1)NCc1ccc(C)s1. The zero-order valence-corrected chi connectivity index (χ0v) is 12.0. The smallest absolute Gasteiger partial charge is 0.191 e. The van der Waals surface area contributed by atoms with Crippen LogP contribution < -0.4 is 10.6 Å². The lowest BCUT2D eigenvalue weighted by molar-refractivity contribution is 0.799. The van der Waals surface area contributed by atoms with E-state index in [0.717, 1.165) is 18.2 Å². The highest BCUT2D eigenvalue weighted by molar-refractivity contribution is 7.11. The molecule has 19 heavy (non-hydrogen) atoms. The van der Waals surface area contributed by atoms with Crippen molar-refractivity contribution in [1.82, 2.24) is 15.6 Å². The Labute approximate surface area is 117 Å². The van der Waals surface area contributed by atoms with Crippen LogP contribution >= 0.6 is 11.3 Å². The van der Waals surface area contributed by atoms with E-state index in [-0.39, 0.29) is 0 Å². The number of nitrogens with zero attached hydrogens (tertiary/aromatic N) is 2. The number of nitrogens with one attached hydrogen (secondary N) is 2. The lowest BCUT2D eigenvalue weighted by Gasteiger charge is -2.10. The highest BCUT2D eigenvalue weighted by Gasteiger charge is 2.00. The van der Waals surface area contributed by atoms with Crippen LogP contribution in [0.4, 0.5) is 0 Å². The largest absolute Gasteiger partial charge is 0.352 e. The summed E-state index contributed by atoms with van der Waals surface area (Å²) in [5.74, 6) is 0.789. The number of hydrogen-bond donors (Lipinski definition) is 2. The van der Waals surface area contributed by atoms with Gasteiger partial charge in [-0.05, 0) is 31.2 Å². The van der Waals surface area contributed by atoms with Gasteiger partial charge in [0.05, 0.1) is 18.8 Å². The maximum absolute atomic E-state index is 4.26. The van der Waals surface area contributed by atoms with Gasteiger partial charge in [0, 0.05) is 23.0 Å². The van der Waals surface area contributed by atoms with Crippen molar-refractivity contribution in [3.05, 3.63) is 52.0 Å². The van der Waals surface area contributed by atoms with Crippen molar-refractivity contribution in [2.24, 2.45) is 4.99 Å². The zero-order valence-electron chi connectivity index (χ0n) is 11.2. The van der Waals surface area contributed by atoms with Crippen molar-refractivity contribution in [2.75, 3.05) is 7.05 Å². The standard InChI is InChI=1S/C14H18N4S/c1-11-6-7-13(19-11)10-18-14(15-2)17-9-12-5-3-4-8-16-12/h3-8H,9-10H2,1-2H3,(H2,15,17,18). The molecular weight excluding hydrogens is 256 g/mol. The molecule has 0 amide bonds. The van der Waals surface area contributed by atoms with Gasteiger partial charge < -0.3 is 10.6 Å². The first-order valence-electron chi connectivity index (χ1n) is 6.17. The molecule has 0 aromatic carbocycles. The molecule has 100 valence electrons. The van der Waals surface area contributed by atoms with Crippen LogP contribution in [-0.4, -0.2) is 18.0 Å². The minimum Gasteiger partial charge on any atom is -0.352 e. The van der Waals surface area contributed by atoms with Gasteiger partial charge in [0.25, 0.3) is 0 Å². The highest BCUT2D eigenvalue weighted by atomic mass is 32.1. The van der Waals surface area contributed by atoms with Gasteiger partial charge in [-0.25, -0.2) is 0 Å². The minimum atomic E-state index is 0.671. The van der Waals surface area contributed by atoms with Crippen molar-refractivity contribution in [2.45, 2.75) is 20.0 Å². The van der Waals surface area contributed by atoms with Crippen LogP contribution in [-0.2, 0) is 13.1 Å². The first kappa shape index (κ1) is 13.5. The van der Waals surface area contributed by atoms with E-state index in [4.69, 9.17) is 0 Å². The quantitative estimate of drug-likeness (QED) is 0.664. The first-order valence-corrected chi connectivity index (χ1v) is 6.99. The van der Waals surface area contributed by atoms with Gasteiger partial charge in [-0.2, -0.15) is 0 Å². The summed E-state index contributed by atoms with van der Waals surface area (Å²) >= 11 is 1.80. The summed E-state index contributed by atoms with van der Waals surface area (Å²) in [7, 11) is 1.77. The maximum atomic E-state index is 4.26. The monoisotopic (exact) mass is 274 g/mol. The van der Waals surface area contributed by atoms with Crippen LogP contribution in [0.5, 0.6) is 0 Å². The Kier molecular flexibility index (Phi) is 4.92. The summed E-state index contributed by atoms with van der Waals surface area (Å²) in [4.78, 5) is 11.1. The van der Waals surface area contributed by atoms with E-state index in [1.54, 1.807) is 24.6 Å². The van der Waals surface area contributed by atoms with Crippen molar-refractivity contribution in [3.8, 4) is 0 Å². The van der Waals surface area contributed by atoms with E-state index < -0.39 is 0 Å². The molecule has 0 unspecified atom stereocenters. The number of thiophene rings is 1. The molecule has 2 N–H and O–H groups in total. The average molecular weight is 274 g/mol. The molecule has 0 saturated heterocycles. The van der Waals surface area contributed by atoms with E-state index in [1.165, 1.54) is 9.75 Å². The first-order chi connectivity index (χ1) is 9.28. The van der Waals surface area contributed by atoms with Gasteiger partial charge >= 0.3 is 0 Å². The molecule has 0 aliphatic rings. The number of rotatable bonds is 4. The third-order valence-electron chi connectivity index (χ3n) is 2.61. The Balaban J connectivity index is 1.81. The predicted molar refractivity (Wildman–Crippen MR) is 80.3 cm³/mol. The van der Waals surface area contributed by atoms with Crippen molar-refractivity contribution < 1.29 is 0 Å². The molecule has 2 aromatic rings. The van der Waals surface area contributed by atoms with Crippen LogP contribution in [0, 0.1) is 6.92 Å². The minimum absolute atomic E-state index is 0.671. The second kappa shape index (κ2) is 6.89. The fourth-order valence-corrected chi connectivity index (χ4v) is 2.48. The average Bonchev–Trinajstić information content (AvgIpc) is 2.86. The van der Waals surface area contributed by atoms with Crippen molar-refractivity contribution in [3.63, 3.8) is 0 Å². The van der Waals surface area contributed by atoms with Crippen molar-refractivity contribution >= 4 is 17.3 Å². The number of aliphatic imine (C=N–C) groups is 1. The third kappa shape index (κ3) is 4.37. The zero-order chi connectivity index (χ0) is 13.5. The Hall–Kier alpha value is -1.88. The lowest BCUT2D eigenvalue weighted by Crippen LogP contribution is -2.36. The molecule has 0 saturated carbocycles. The van der Waals surface area contributed by atoms with Gasteiger partial charge in [0.15, 0.2) is 5.96 Å². The molecule has 2 heterocycles. The fourth-order valence-electron chi connectivity index (χ4n) is 1.65. The van der Waals surface area contributed by atoms with Gasteiger partial charge in [-0.3, -0.25) is 9.98 Å². The molecule has 0 spiro atoms. The van der Waals surface area contributed by atoms with Gasteiger partial charge in [-0.1, -0.05) is 6.07 Å². The van der Waals surface area contributed by atoms with Crippen LogP contribution in [0.15, 0.2) is 41.5 Å². The van der Waals surface area contributed by atoms with Crippen LogP contribution in [0.2, 0.25) is 0 Å². The molecular formula is C14H18N4S. The number of aromatic nitrogens is 1. The second-order valence-corrected chi connectivity index (χ2v) is 5.49. The normalized spacial score (nSPS) is 11.4. The van der Waals surface area contributed by atoms with Crippen LogP contribution in [0.3, 0.4) is 0 Å². The second-order valence-electron chi connectivity index (χ2n) is 4.11. The van der Waals surface area contributed by atoms with Crippen LogP contribution in [0.25, 0.3) is 0 Å². The fraction of sp³-hybridized carbons (Fsp3) is 0.286. The van der Waals surface area contributed by atoms with Gasteiger partial charge in [-0.15, -0.1) is 11.3 Å². The molecule has 0 atom stereocenters. The van der Waals surface area contributed by atoms with Crippen molar-refractivity contribution in [1.29, 1.82) is 0 Å². The summed E-state index contributed by atoms with van der Waals surface area (Å²) in [5, 5.41) is 6.53. The molecule has 2 rings (SSSR count). The van der Waals surface area contributed by atoms with Crippen LogP contribution in [0.1, 0.15) is 15.4 Å². The molecule has 0 bridgehead atoms. The highest BCUT2D eigenvalue weighted by Crippen LogP contribution is 2.14. The summed E-state index contributed by atoms with van der Waals surface area (Å²) in [6.45, 7) is 3.58. The topological polar surface area (TPSA) is 49.3 Å². The van der Waals surface area contributed by atoms with Gasteiger partial charge in [0.1, 0.15) is 0 Å². The third-order valence-corrected chi connectivity index (χ3v) is 3.61. The summed E-state index contributed by atoms with van der Waals surface area (Å²) in [5.41, 5.74) is 0.998. The summed E-state index contributed by atoms with van der Waals surface area (Å²) < 4.78 is 0. The molecule has 2 aromatic heterocycles. The number of hydrogen-bond acceptors (Lipinski definition) is 3. The Bertz CT molecular complexity index is 533. The Morgan fingerprint density at radius 3 is 2.68 bits per heavy atom. The molecule has 0 radical (unpaired) electrons. The Morgan fingerprint density at radius 1 is 1.21 bits per heavy atom. The molecule has 0 fully saturated rings. The number of guanidine groups is 1. The molecule has 5 heteroatoms. The van der Waals surface area contributed by atoms with E-state index in [1.807, 2.05) is 18.2 Å². The predicted octanol–water partition coefficient (Wildman–Crippen LogP) is 2.32. The van der Waals surface area contributed by atoms with E-state index >= 15 is 0 Å². The summed E-state index contributed by atoms with van der Waals surface area (Å²) in [6.07, 6.45) is 1.79. The number of aryl methyl sites for hydroxylation is 1.